The minimum atomic E-state index is -0.140. The standard InChI is InChI=1S/C20H20O4/c1-4-11-23-20-18(21)16-12-13(2)5-10-17(16)24-19(20)14-6-8-15(22-3)9-7-14/h5-10,12H,4,11H2,1-3H3. The highest BCUT2D eigenvalue weighted by Crippen LogP contribution is 2.32. The summed E-state index contributed by atoms with van der Waals surface area (Å²) in [5.74, 6) is 1.46. The van der Waals surface area contributed by atoms with Crippen molar-refractivity contribution in [2.45, 2.75) is 20.3 Å². The van der Waals surface area contributed by atoms with Crippen molar-refractivity contribution in [1.29, 1.82) is 0 Å². The fourth-order valence-electron chi connectivity index (χ4n) is 2.56. The van der Waals surface area contributed by atoms with Crippen LogP contribution >= 0.6 is 0 Å². The Morgan fingerprint density at radius 2 is 1.83 bits per heavy atom. The normalized spacial score (nSPS) is 10.8. The first-order valence-electron chi connectivity index (χ1n) is 7.98. The van der Waals surface area contributed by atoms with Crippen LogP contribution in [0.4, 0.5) is 0 Å². The number of hydrogen-bond acceptors (Lipinski definition) is 4. The summed E-state index contributed by atoms with van der Waals surface area (Å²) >= 11 is 0. The molecule has 0 aliphatic rings. The van der Waals surface area contributed by atoms with E-state index < -0.39 is 0 Å². The minimum Gasteiger partial charge on any atom is -0.497 e. The van der Waals surface area contributed by atoms with Gasteiger partial charge in [0.2, 0.25) is 11.2 Å². The molecular formula is C20H20O4. The average Bonchev–Trinajstić information content (AvgIpc) is 2.61. The van der Waals surface area contributed by atoms with Crippen molar-refractivity contribution in [1.82, 2.24) is 0 Å². The first-order valence-corrected chi connectivity index (χ1v) is 7.98. The number of rotatable bonds is 5. The lowest BCUT2D eigenvalue weighted by Crippen LogP contribution is -2.11. The van der Waals surface area contributed by atoms with Crippen LogP contribution in [-0.4, -0.2) is 13.7 Å². The third-order valence-corrected chi connectivity index (χ3v) is 3.81. The van der Waals surface area contributed by atoms with E-state index >= 15 is 0 Å². The Bertz CT molecular complexity index is 907. The Hall–Kier alpha value is -2.75. The molecule has 0 N–H and O–H groups in total. The Morgan fingerprint density at radius 3 is 2.50 bits per heavy atom. The maximum Gasteiger partial charge on any atom is 0.235 e. The SMILES string of the molecule is CCCOc1c(-c2ccc(OC)cc2)oc2ccc(C)cc2c1=O. The molecule has 0 unspecified atom stereocenters. The van der Waals surface area contributed by atoms with Gasteiger partial charge in [0.05, 0.1) is 19.1 Å². The molecule has 0 radical (unpaired) electrons. The second-order valence-electron chi connectivity index (χ2n) is 5.67. The van der Waals surface area contributed by atoms with Crippen molar-refractivity contribution in [2.75, 3.05) is 13.7 Å². The molecule has 0 amide bonds. The van der Waals surface area contributed by atoms with Gasteiger partial charge in [-0.25, -0.2) is 0 Å². The smallest absolute Gasteiger partial charge is 0.235 e. The van der Waals surface area contributed by atoms with Crippen LogP contribution in [0.1, 0.15) is 18.9 Å². The van der Waals surface area contributed by atoms with Crippen LogP contribution in [0.3, 0.4) is 0 Å². The Morgan fingerprint density at radius 1 is 1.08 bits per heavy atom. The van der Waals surface area contributed by atoms with E-state index in [4.69, 9.17) is 13.9 Å². The predicted octanol–water partition coefficient (Wildman–Crippen LogP) is 4.57. The van der Waals surface area contributed by atoms with Gasteiger partial charge in [-0.3, -0.25) is 4.79 Å². The molecular weight excluding hydrogens is 304 g/mol. The lowest BCUT2D eigenvalue weighted by molar-refractivity contribution is 0.309. The summed E-state index contributed by atoms with van der Waals surface area (Å²) in [5.41, 5.74) is 2.20. The fraction of sp³-hybridized carbons (Fsp3) is 0.250. The summed E-state index contributed by atoms with van der Waals surface area (Å²) in [4.78, 5) is 12.9. The molecule has 0 aliphatic carbocycles. The first-order chi connectivity index (χ1) is 11.6. The summed E-state index contributed by atoms with van der Waals surface area (Å²) < 4.78 is 16.9. The number of fused-ring (bicyclic) bond motifs is 1. The molecule has 3 rings (SSSR count). The van der Waals surface area contributed by atoms with Crippen LogP contribution in [0.15, 0.2) is 51.7 Å². The zero-order valence-corrected chi connectivity index (χ0v) is 14.1. The zero-order chi connectivity index (χ0) is 17.1. The van der Waals surface area contributed by atoms with Gasteiger partial charge in [0.25, 0.3) is 0 Å². The molecule has 0 fully saturated rings. The second-order valence-corrected chi connectivity index (χ2v) is 5.67. The molecule has 24 heavy (non-hydrogen) atoms. The van der Waals surface area contributed by atoms with E-state index in [0.29, 0.717) is 23.3 Å². The van der Waals surface area contributed by atoms with Gasteiger partial charge in [-0.05, 0) is 49.7 Å². The first kappa shape index (κ1) is 16.1. The molecule has 0 saturated heterocycles. The van der Waals surface area contributed by atoms with E-state index in [-0.39, 0.29) is 11.2 Å². The van der Waals surface area contributed by atoms with E-state index in [9.17, 15) is 4.79 Å². The van der Waals surface area contributed by atoms with Gasteiger partial charge in [-0.2, -0.15) is 0 Å². The number of benzene rings is 2. The molecule has 0 saturated carbocycles. The van der Waals surface area contributed by atoms with Crippen molar-refractivity contribution in [2.24, 2.45) is 0 Å². The largest absolute Gasteiger partial charge is 0.497 e. The summed E-state index contributed by atoms with van der Waals surface area (Å²) in [6.07, 6.45) is 0.813. The molecule has 3 aromatic rings. The van der Waals surface area contributed by atoms with E-state index in [0.717, 1.165) is 23.3 Å². The highest BCUT2D eigenvalue weighted by atomic mass is 16.5. The van der Waals surface area contributed by atoms with Crippen molar-refractivity contribution >= 4 is 11.0 Å². The number of aryl methyl sites for hydroxylation is 1. The van der Waals surface area contributed by atoms with Crippen molar-refractivity contribution in [3.63, 3.8) is 0 Å². The summed E-state index contributed by atoms with van der Waals surface area (Å²) in [6, 6.07) is 13.0. The van der Waals surface area contributed by atoms with Crippen LogP contribution in [0.2, 0.25) is 0 Å². The quantitative estimate of drug-likeness (QED) is 0.690. The zero-order valence-electron chi connectivity index (χ0n) is 14.1. The Kier molecular flexibility index (Phi) is 4.56. The molecule has 1 aromatic heterocycles. The van der Waals surface area contributed by atoms with Gasteiger partial charge in [0.1, 0.15) is 11.3 Å². The Labute approximate surface area is 140 Å². The van der Waals surface area contributed by atoms with E-state index in [1.807, 2.05) is 56.3 Å². The summed E-state index contributed by atoms with van der Waals surface area (Å²) in [5, 5.41) is 0.540. The third-order valence-electron chi connectivity index (χ3n) is 3.81. The second kappa shape index (κ2) is 6.79. The molecule has 0 atom stereocenters. The van der Waals surface area contributed by atoms with Gasteiger partial charge in [0, 0.05) is 5.56 Å². The summed E-state index contributed by atoms with van der Waals surface area (Å²) in [7, 11) is 1.61. The van der Waals surface area contributed by atoms with Crippen molar-refractivity contribution in [3.05, 3.63) is 58.3 Å². The van der Waals surface area contributed by atoms with Gasteiger partial charge >= 0.3 is 0 Å². The molecule has 0 aliphatic heterocycles. The van der Waals surface area contributed by atoms with Gasteiger partial charge in [-0.1, -0.05) is 18.6 Å². The molecule has 0 bridgehead atoms. The van der Waals surface area contributed by atoms with Crippen LogP contribution < -0.4 is 14.9 Å². The Balaban J connectivity index is 2.23. The van der Waals surface area contributed by atoms with Crippen LogP contribution in [0, 0.1) is 6.92 Å². The lowest BCUT2D eigenvalue weighted by atomic mass is 10.1. The van der Waals surface area contributed by atoms with Crippen molar-refractivity contribution in [3.8, 4) is 22.8 Å². The monoisotopic (exact) mass is 324 g/mol. The number of methoxy groups -OCH3 is 1. The molecule has 4 heteroatoms. The lowest BCUT2D eigenvalue weighted by Gasteiger charge is -2.12. The molecule has 4 nitrogen and oxygen atoms in total. The van der Waals surface area contributed by atoms with Gasteiger partial charge in [-0.15, -0.1) is 0 Å². The third kappa shape index (κ3) is 3.00. The highest BCUT2D eigenvalue weighted by molar-refractivity contribution is 5.82. The van der Waals surface area contributed by atoms with Crippen LogP contribution in [0.25, 0.3) is 22.3 Å². The van der Waals surface area contributed by atoms with E-state index in [1.54, 1.807) is 7.11 Å². The average molecular weight is 324 g/mol. The molecule has 1 heterocycles. The maximum atomic E-state index is 12.9. The van der Waals surface area contributed by atoms with E-state index in [2.05, 4.69) is 0 Å². The van der Waals surface area contributed by atoms with Gasteiger partial charge in [0.15, 0.2) is 5.76 Å². The molecule has 124 valence electrons. The number of hydrogen-bond donors (Lipinski definition) is 0. The van der Waals surface area contributed by atoms with Gasteiger partial charge < -0.3 is 13.9 Å². The van der Waals surface area contributed by atoms with E-state index in [1.165, 1.54) is 0 Å². The topological polar surface area (TPSA) is 48.7 Å². The summed E-state index contributed by atoms with van der Waals surface area (Å²) in [6.45, 7) is 4.41. The molecule has 0 spiro atoms. The van der Waals surface area contributed by atoms with Crippen molar-refractivity contribution < 1.29 is 13.9 Å². The number of ether oxygens (including phenoxy) is 2. The highest BCUT2D eigenvalue weighted by Gasteiger charge is 2.17. The molecule has 2 aromatic carbocycles. The van der Waals surface area contributed by atoms with Crippen LogP contribution in [-0.2, 0) is 0 Å². The fourth-order valence-corrected chi connectivity index (χ4v) is 2.56. The maximum absolute atomic E-state index is 12.9. The minimum absolute atomic E-state index is 0.140. The van der Waals surface area contributed by atoms with Crippen LogP contribution in [0.5, 0.6) is 11.5 Å². The predicted molar refractivity (Wildman–Crippen MR) is 95.0 cm³/mol.